The molecule has 25 heavy (non-hydrogen) atoms. The molecule has 1 unspecified atom stereocenters. The van der Waals surface area contributed by atoms with Gasteiger partial charge in [0.2, 0.25) is 0 Å². The van der Waals surface area contributed by atoms with E-state index in [9.17, 15) is 4.79 Å². The van der Waals surface area contributed by atoms with Crippen LogP contribution in [0.4, 0.5) is 0 Å². The van der Waals surface area contributed by atoms with E-state index in [4.69, 9.17) is 0 Å². The molecule has 2 aromatic heterocycles. The van der Waals surface area contributed by atoms with Crippen molar-refractivity contribution in [3.05, 3.63) is 29.7 Å². The Hall–Kier alpha value is -1.95. The standard InChI is InChI=1S/C19H29N5O/c1-14(12-23-9-5-6-10-23)11-20-17(25)15-7-8-16-21-22-18(19(2,3)4)24(16)13-15/h7-8,13-14H,5-6,9-12H2,1-4H3,(H,20,25). The van der Waals surface area contributed by atoms with Crippen LogP contribution in [0.2, 0.25) is 0 Å². The van der Waals surface area contributed by atoms with Gasteiger partial charge in [0.05, 0.1) is 5.56 Å². The maximum Gasteiger partial charge on any atom is 0.252 e. The van der Waals surface area contributed by atoms with E-state index < -0.39 is 0 Å². The van der Waals surface area contributed by atoms with Gasteiger partial charge in [-0.1, -0.05) is 27.7 Å². The average molecular weight is 343 g/mol. The van der Waals surface area contributed by atoms with Crippen LogP contribution in [-0.2, 0) is 5.41 Å². The molecule has 2 aromatic rings. The lowest BCUT2D eigenvalue weighted by atomic mass is 9.96. The third-order valence-electron chi connectivity index (χ3n) is 4.71. The number of nitrogens with one attached hydrogen (secondary N) is 1. The molecule has 1 aliphatic heterocycles. The topological polar surface area (TPSA) is 62.5 Å². The maximum absolute atomic E-state index is 12.5. The molecule has 1 saturated heterocycles. The normalized spacial score (nSPS) is 17.1. The Bertz CT molecular complexity index is 740. The highest BCUT2D eigenvalue weighted by atomic mass is 16.1. The maximum atomic E-state index is 12.5. The number of carbonyl (C=O) groups excluding carboxylic acids is 1. The summed E-state index contributed by atoms with van der Waals surface area (Å²) in [4.78, 5) is 15.0. The molecular formula is C19H29N5O. The van der Waals surface area contributed by atoms with E-state index in [0.717, 1.165) is 18.0 Å². The van der Waals surface area contributed by atoms with Crippen molar-refractivity contribution in [3.63, 3.8) is 0 Å². The predicted octanol–water partition coefficient (Wildman–Crippen LogP) is 2.49. The number of amides is 1. The first-order valence-electron chi connectivity index (χ1n) is 9.20. The quantitative estimate of drug-likeness (QED) is 0.906. The second-order valence-electron chi connectivity index (χ2n) is 8.24. The molecule has 3 rings (SSSR count). The molecule has 0 bridgehead atoms. The van der Waals surface area contributed by atoms with Crippen molar-refractivity contribution in [2.75, 3.05) is 26.2 Å². The lowest BCUT2D eigenvalue weighted by molar-refractivity contribution is 0.0944. The van der Waals surface area contributed by atoms with Crippen LogP contribution >= 0.6 is 0 Å². The third kappa shape index (κ3) is 4.18. The highest BCUT2D eigenvalue weighted by Gasteiger charge is 2.21. The molecule has 0 saturated carbocycles. The van der Waals surface area contributed by atoms with E-state index in [-0.39, 0.29) is 11.3 Å². The molecule has 0 aromatic carbocycles. The molecule has 1 amide bonds. The van der Waals surface area contributed by atoms with Crippen molar-refractivity contribution < 1.29 is 4.79 Å². The van der Waals surface area contributed by atoms with Gasteiger partial charge in [-0.15, -0.1) is 10.2 Å². The van der Waals surface area contributed by atoms with Crippen molar-refractivity contribution in [1.29, 1.82) is 0 Å². The molecule has 136 valence electrons. The molecule has 1 fully saturated rings. The van der Waals surface area contributed by atoms with Gasteiger partial charge in [-0.2, -0.15) is 0 Å². The molecule has 1 N–H and O–H groups in total. The number of rotatable bonds is 5. The van der Waals surface area contributed by atoms with E-state index in [2.05, 4.69) is 48.1 Å². The Morgan fingerprint density at radius 3 is 2.64 bits per heavy atom. The Kier molecular flexibility index (Phi) is 5.08. The summed E-state index contributed by atoms with van der Waals surface area (Å²) >= 11 is 0. The average Bonchev–Trinajstić information content (AvgIpc) is 3.20. The Morgan fingerprint density at radius 1 is 1.24 bits per heavy atom. The van der Waals surface area contributed by atoms with Crippen LogP contribution in [-0.4, -0.2) is 51.6 Å². The Balaban J connectivity index is 1.65. The summed E-state index contributed by atoms with van der Waals surface area (Å²) in [6, 6.07) is 3.67. The number of likely N-dealkylation sites (tertiary alicyclic amines) is 1. The fourth-order valence-corrected chi connectivity index (χ4v) is 3.38. The Labute approximate surface area is 149 Å². The highest BCUT2D eigenvalue weighted by molar-refractivity contribution is 5.94. The summed E-state index contributed by atoms with van der Waals surface area (Å²) in [6.07, 6.45) is 4.44. The lowest BCUT2D eigenvalue weighted by Gasteiger charge is -2.20. The van der Waals surface area contributed by atoms with Gasteiger partial charge in [0.25, 0.3) is 5.91 Å². The second-order valence-corrected chi connectivity index (χ2v) is 8.24. The fraction of sp³-hybridized carbons (Fsp3) is 0.632. The van der Waals surface area contributed by atoms with E-state index in [1.807, 2.05) is 22.7 Å². The number of fused-ring (bicyclic) bond motifs is 1. The predicted molar refractivity (Wildman–Crippen MR) is 98.9 cm³/mol. The first-order chi connectivity index (χ1) is 11.8. The van der Waals surface area contributed by atoms with E-state index in [1.165, 1.54) is 25.9 Å². The largest absolute Gasteiger partial charge is 0.352 e. The van der Waals surface area contributed by atoms with Crippen LogP contribution in [0.15, 0.2) is 18.3 Å². The number of hydrogen-bond donors (Lipinski definition) is 1. The van der Waals surface area contributed by atoms with Crippen molar-refractivity contribution in [2.45, 2.75) is 46.0 Å². The van der Waals surface area contributed by atoms with E-state index in [0.29, 0.717) is 18.0 Å². The SMILES string of the molecule is CC(CNC(=O)c1ccc2nnc(C(C)(C)C)n2c1)CN1CCCC1. The summed E-state index contributed by atoms with van der Waals surface area (Å²) in [7, 11) is 0. The van der Waals surface area contributed by atoms with Crippen LogP contribution in [0, 0.1) is 5.92 Å². The summed E-state index contributed by atoms with van der Waals surface area (Å²) < 4.78 is 1.92. The first-order valence-corrected chi connectivity index (χ1v) is 9.20. The van der Waals surface area contributed by atoms with Crippen LogP contribution < -0.4 is 5.32 Å². The molecule has 6 heteroatoms. The molecule has 6 nitrogen and oxygen atoms in total. The summed E-state index contributed by atoms with van der Waals surface area (Å²) in [5, 5.41) is 11.5. The third-order valence-corrected chi connectivity index (χ3v) is 4.71. The zero-order valence-electron chi connectivity index (χ0n) is 15.7. The van der Waals surface area contributed by atoms with E-state index >= 15 is 0 Å². The van der Waals surface area contributed by atoms with Gasteiger partial charge >= 0.3 is 0 Å². The molecule has 0 aliphatic carbocycles. The first kappa shape index (κ1) is 17.9. The minimum Gasteiger partial charge on any atom is -0.352 e. The van der Waals surface area contributed by atoms with Crippen LogP contribution in [0.3, 0.4) is 0 Å². The molecule has 3 heterocycles. The number of nitrogens with zero attached hydrogens (tertiary/aromatic N) is 4. The minimum atomic E-state index is -0.126. The van der Waals surface area contributed by atoms with Crippen molar-refractivity contribution in [2.24, 2.45) is 5.92 Å². The molecule has 1 atom stereocenters. The summed E-state index contributed by atoms with van der Waals surface area (Å²) in [5.74, 6) is 1.27. The van der Waals surface area contributed by atoms with Crippen LogP contribution in [0.5, 0.6) is 0 Å². The summed E-state index contributed by atoms with van der Waals surface area (Å²) in [6.45, 7) is 12.6. The zero-order valence-corrected chi connectivity index (χ0v) is 15.7. The fourth-order valence-electron chi connectivity index (χ4n) is 3.38. The van der Waals surface area contributed by atoms with Gasteiger partial charge < -0.3 is 10.2 Å². The summed E-state index contributed by atoms with van der Waals surface area (Å²) in [5.41, 5.74) is 1.29. The zero-order chi connectivity index (χ0) is 18.0. The van der Waals surface area contributed by atoms with Crippen molar-refractivity contribution >= 4 is 11.6 Å². The van der Waals surface area contributed by atoms with Crippen LogP contribution in [0.25, 0.3) is 5.65 Å². The molecule has 0 spiro atoms. The second kappa shape index (κ2) is 7.12. The Morgan fingerprint density at radius 2 is 1.96 bits per heavy atom. The smallest absolute Gasteiger partial charge is 0.252 e. The van der Waals surface area contributed by atoms with Gasteiger partial charge in [0.15, 0.2) is 5.65 Å². The van der Waals surface area contributed by atoms with Gasteiger partial charge in [-0.25, -0.2) is 0 Å². The van der Waals surface area contributed by atoms with Crippen molar-refractivity contribution in [1.82, 2.24) is 24.8 Å². The molecular weight excluding hydrogens is 314 g/mol. The van der Waals surface area contributed by atoms with Gasteiger partial charge in [0.1, 0.15) is 5.82 Å². The minimum absolute atomic E-state index is 0.0382. The lowest BCUT2D eigenvalue weighted by Crippen LogP contribution is -2.34. The monoisotopic (exact) mass is 343 g/mol. The number of hydrogen-bond acceptors (Lipinski definition) is 4. The van der Waals surface area contributed by atoms with Crippen LogP contribution in [0.1, 0.15) is 56.7 Å². The number of pyridine rings is 1. The number of aromatic nitrogens is 3. The van der Waals surface area contributed by atoms with Gasteiger partial charge in [-0.3, -0.25) is 9.20 Å². The van der Waals surface area contributed by atoms with Gasteiger partial charge in [0, 0.05) is 24.7 Å². The molecule has 0 radical (unpaired) electrons. The highest BCUT2D eigenvalue weighted by Crippen LogP contribution is 2.21. The molecule has 1 aliphatic rings. The van der Waals surface area contributed by atoms with Crippen molar-refractivity contribution in [3.8, 4) is 0 Å². The van der Waals surface area contributed by atoms with E-state index in [1.54, 1.807) is 0 Å². The van der Waals surface area contributed by atoms with Gasteiger partial charge in [-0.05, 0) is 44.0 Å². The number of carbonyl (C=O) groups is 1.